The van der Waals surface area contributed by atoms with Gasteiger partial charge >= 0.3 is 0 Å². The maximum Gasteiger partial charge on any atom is 0.264 e. The van der Waals surface area contributed by atoms with Gasteiger partial charge in [0.25, 0.3) is 5.91 Å². The van der Waals surface area contributed by atoms with E-state index in [2.05, 4.69) is 24.5 Å². The van der Waals surface area contributed by atoms with Gasteiger partial charge in [0.1, 0.15) is 11.6 Å². The topological polar surface area (TPSA) is 58.3 Å². The summed E-state index contributed by atoms with van der Waals surface area (Å²) in [7, 11) is 1.69. The first-order valence-corrected chi connectivity index (χ1v) is 8.97. The molecule has 1 aromatic rings. The van der Waals surface area contributed by atoms with Gasteiger partial charge in [0, 0.05) is 31.6 Å². The van der Waals surface area contributed by atoms with E-state index >= 15 is 0 Å². The Balaban J connectivity index is 2.26. The highest BCUT2D eigenvalue weighted by Crippen LogP contribution is 2.24. The summed E-state index contributed by atoms with van der Waals surface area (Å²) in [5.41, 5.74) is 3.30. The van der Waals surface area contributed by atoms with E-state index < -0.39 is 0 Å². The van der Waals surface area contributed by atoms with Crippen LogP contribution in [0.1, 0.15) is 49.7 Å². The van der Waals surface area contributed by atoms with Gasteiger partial charge in [0.2, 0.25) is 0 Å². The third-order valence-corrected chi connectivity index (χ3v) is 5.09. The molecule has 0 N–H and O–H groups in total. The highest BCUT2D eigenvalue weighted by molar-refractivity contribution is 6.01. The number of aromatic nitrogens is 1. The van der Waals surface area contributed by atoms with Gasteiger partial charge in [0.15, 0.2) is 0 Å². The van der Waals surface area contributed by atoms with Crippen molar-refractivity contribution in [2.24, 2.45) is 5.92 Å². The molecule has 1 fully saturated rings. The Labute approximate surface area is 150 Å². The number of likely N-dealkylation sites (tertiary alicyclic amines) is 1. The van der Waals surface area contributed by atoms with E-state index in [4.69, 9.17) is 4.74 Å². The molecule has 0 bridgehead atoms. The molecule has 1 atom stereocenters. The van der Waals surface area contributed by atoms with Crippen molar-refractivity contribution in [1.82, 2.24) is 9.47 Å². The van der Waals surface area contributed by atoms with Gasteiger partial charge in [-0.3, -0.25) is 4.79 Å². The predicted octanol–water partition coefficient (Wildman–Crippen LogP) is 3.48. The Hall–Kier alpha value is -2.06. The third kappa shape index (κ3) is 4.32. The molecular formula is C20H29N3O2. The van der Waals surface area contributed by atoms with Crippen LogP contribution in [0.4, 0.5) is 0 Å². The van der Waals surface area contributed by atoms with Crippen LogP contribution in [0.3, 0.4) is 0 Å². The molecule has 1 aliphatic rings. The molecule has 1 aliphatic heterocycles. The zero-order valence-electron chi connectivity index (χ0n) is 16.0. The fraction of sp³-hybridized carbons (Fsp3) is 0.600. The Morgan fingerprint density at radius 3 is 2.64 bits per heavy atom. The third-order valence-electron chi connectivity index (χ3n) is 5.09. The number of nitriles is 1. The van der Waals surface area contributed by atoms with E-state index in [1.54, 1.807) is 13.2 Å². The smallest absolute Gasteiger partial charge is 0.264 e. The molecule has 2 rings (SSSR count). The molecule has 0 spiro atoms. The van der Waals surface area contributed by atoms with Crippen molar-refractivity contribution < 1.29 is 9.53 Å². The Bertz CT molecular complexity index is 689. The van der Waals surface area contributed by atoms with Crippen molar-refractivity contribution in [3.05, 3.63) is 28.6 Å². The van der Waals surface area contributed by atoms with E-state index in [1.165, 1.54) is 0 Å². The fourth-order valence-corrected chi connectivity index (χ4v) is 3.62. The lowest BCUT2D eigenvalue weighted by Gasteiger charge is -2.30. The lowest BCUT2D eigenvalue weighted by atomic mass is 9.98. The number of hydrogen-bond donors (Lipinski definition) is 0. The van der Waals surface area contributed by atoms with Crippen molar-refractivity contribution in [2.45, 2.75) is 46.6 Å². The summed E-state index contributed by atoms with van der Waals surface area (Å²) in [6.45, 7) is 10.5. The molecule has 0 aliphatic carbocycles. The fourth-order valence-electron chi connectivity index (χ4n) is 3.62. The van der Waals surface area contributed by atoms with Gasteiger partial charge in [-0.2, -0.15) is 5.26 Å². The van der Waals surface area contributed by atoms with Gasteiger partial charge in [-0.1, -0.05) is 6.92 Å². The molecule has 25 heavy (non-hydrogen) atoms. The van der Waals surface area contributed by atoms with Crippen LogP contribution in [0.15, 0.2) is 11.6 Å². The minimum Gasteiger partial charge on any atom is -0.383 e. The minimum absolute atomic E-state index is 0.149. The molecule has 5 nitrogen and oxygen atoms in total. The van der Waals surface area contributed by atoms with E-state index in [0.717, 1.165) is 42.9 Å². The standard InChI is InChI=1S/C20H29N3O2/c1-14-6-8-22(9-7-14)20(24)19(12-21)11-18-10-15(2)23(17(18)4)16(3)13-25-5/h10-11,14,16H,6-9,13H2,1-5H3/b19-11+. The maximum atomic E-state index is 12.7. The molecular weight excluding hydrogens is 314 g/mol. The van der Waals surface area contributed by atoms with Crippen LogP contribution in [0, 0.1) is 31.1 Å². The van der Waals surface area contributed by atoms with Crippen LogP contribution >= 0.6 is 0 Å². The SMILES string of the molecule is COCC(C)n1c(C)cc(/C=C(\C#N)C(=O)N2CCC(C)CC2)c1C. The van der Waals surface area contributed by atoms with Crippen molar-refractivity contribution in [3.63, 3.8) is 0 Å². The first kappa shape index (κ1) is 19.3. The predicted molar refractivity (Wildman–Crippen MR) is 99.1 cm³/mol. The molecule has 0 aromatic carbocycles. The molecule has 0 radical (unpaired) electrons. The second-order valence-electron chi connectivity index (χ2n) is 7.15. The van der Waals surface area contributed by atoms with Crippen LogP contribution < -0.4 is 0 Å². The van der Waals surface area contributed by atoms with Gasteiger partial charge in [-0.05, 0) is 57.2 Å². The van der Waals surface area contributed by atoms with Crippen LogP contribution in [-0.4, -0.2) is 42.2 Å². The summed E-state index contributed by atoms with van der Waals surface area (Å²) in [5.74, 6) is 0.504. The molecule has 136 valence electrons. The highest BCUT2D eigenvalue weighted by atomic mass is 16.5. The highest BCUT2D eigenvalue weighted by Gasteiger charge is 2.23. The number of amides is 1. The number of ether oxygens (including phenoxy) is 1. The number of carbonyl (C=O) groups excluding carboxylic acids is 1. The maximum absolute atomic E-state index is 12.7. The molecule has 1 aromatic heterocycles. The van der Waals surface area contributed by atoms with Crippen LogP contribution in [0.2, 0.25) is 0 Å². The van der Waals surface area contributed by atoms with Crippen molar-refractivity contribution in [3.8, 4) is 6.07 Å². The van der Waals surface area contributed by atoms with E-state index in [1.807, 2.05) is 24.8 Å². The Morgan fingerprint density at radius 2 is 2.08 bits per heavy atom. The number of piperidine rings is 1. The Morgan fingerprint density at radius 1 is 1.44 bits per heavy atom. The van der Waals surface area contributed by atoms with Crippen molar-refractivity contribution >= 4 is 12.0 Å². The van der Waals surface area contributed by atoms with Crippen molar-refractivity contribution in [2.75, 3.05) is 26.8 Å². The zero-order valence-corrected chi connectivity index (χ0v) is 16.0. The Kier molecular flexibility index (Phi) is 6.44. The second-order valence-corrected chi connectivity index (χ2v) is 7.15. The summed E-state index contributed by atoms with van der Waals surface area (Å²) < 4.78 is 7.45. The first-order chi connectivity index (χ1) is 11.9. The van der Waals surface area contributed by atoms with Crippen molar-refractivity contribution in [1.29, 1.82) is 5.26 Å². The first-order valence-electron chi connectivity index (χ1n) is 8.97. The molecule has 5 heteroatoms. The van der Waals surface area contributed by atoms with Crippen LogP contribution in [0.5, 0.6) is 0 Å². The zero-order chi connectivity index (χ0) is 18.6. The average Bonchev–Trinajstić information content (AvgIpc) is 2.86. The van der Waals surface area contributed by atoms with Gasteiger partial charge in [-0.15, -0.1) is 0 Å². The molecule has 1 amide bonds. The summed E-state index contributed by atoms with van der Waals surface area (Å²) in [4.78, 5) is 14.5. The van der Waals surface area contributed by atoms with Gasteiger partial charge < -0.3 is 14.2 Å². The quantitative estimate of drug-likeness (QED) is 0.607. The average molecular weight is 343 g/mol. The summed E-state index contributed by atoms with van der Waals surface area (Å²) in [6, 6.07) is 4.34. The normalized spacial score (nSPS) is 17.4. The number of hydrogen-bond acceptors (Lipinski definition) is 3. The molecule has 1 unspecified atom stereocenters. The van der Waals surface area contributed by atoms with Gasteiger partial charge in [0.05, 0.1) is 12.6 Å². The van der Waals surface area contributed by atoms with E-state index in [0.29, 0.717) is 12.5 Å². The monoisotopic (exact) mass is 343 g/mol. The molecule has 2 heterocycles. The minimum atomic E-state index is -0.149. The van der Waals surface area contributed by atoms with E-state index in [9.17, 15) is 10.1 Å². The largest absolute Gasteiger partial charge is 0.383 e. The van der Waals surface area contributed by atoms with Crippen LogP contribution in [-0.2, 0) is 9.53 Å². The summed E-state index contributed by atoms with van der Waals surface area (Å²) in [5, 5.41) is 9.51. The molecule has 0 saturated carbocycles. The summed E-state index contributed by atoms with van der Waals surface area (Å²) in [6.07, 6.45) is 3.75. The van der Waals surface area contributed by atoms with Gasteiger partial charge in [-0.25, -0.2) is 0 Å². The number of rotatable bonds is 5. The lowest BCUT2D eigenvalue weighted by molar-refractivity contribution is -0.127. The van der Waals surface area contributed by atoms with E-state index in [-0.39, 0.29) is 17.5 Å². The number of methoxy groups -OCH3 is 1. The van der Waals surface area contributed by atoms with Crippen LogP contribution in [0.25, 0.3) is 6.08 Å². The number of aryl methyl sites for hydroxylation is 1. The number of nitrogens with zero attached hydrogens (tertiary/aromatic N) is 3. The second kappa shape index (κ2) is 8.35. The molecule has 1 saturated heterocycles. The summed E-state index contributed by atoms with van der Waals surface area (Å²) >= 11 is 0. The number of carbonyl (C=O) groups is 1. The lowest BCUT2D eigenvalue weighted by Crippen LogP contribution is -2.38.